The maximum Gasteiger partial charge on any atom is 0.411 e. The monoisotopic (exact) mass is 404 g/mol. The molecule has 0 saturated carbocycles. The molecule has 2 aliphatic rings. The summed E-state index contributed by atoms with van der Waals surface area (Å²) in [4.78, 5) is 26.7. The van der Waals surface area contributed by atoms with Crippen molar-refractivity contribution in [2.24, 2.45) is 0 Å². The summed E-state index contributed by atoms with van der Waals surface area (Å²) in [6, 6.07) is 8.71. The fourth-order valence-electron chi connectivity index (χ4n) is 3.63. The summed E-state index contributed by atoms with van der Waals surface area (Å²) in [7, 11) is -2.01. The number of nitrogens with one attached hydrogen (secondary N) is 1. The Morgan fingerprint density at radius 3 is 2.43 bits per heavy atom. The molecule has 0 bridgehead atoms. The Hall–Kier alpha value is -1.86. The van der Waals surface area contributed by atoms with Gasteiger partial charge in [0.05, 0.1) is 18.2 Å². The first-order valence-electron chi connectivity index (χ1n) is 10.0. The van der Waals surface area contributed by atoms with E-state index < -0.39 is 20.5 Å². The SMILES string of the molecule is CC[C@H](O[Si](C)(C)C(C)(C)C)[C@@H]1NC(=O)[C@H]1N1C(=O)OC[C@@H]1c1ccccc1. The molecule has 154 valence electrons. The molecule has 2 amide bonds. The fourth-order valence-corrected chi connectivity index (χ4v) is 5.05. The average molecular weight is 405 g/mol. The molecule has 3 rings (SSSR count). The zero-order valence-electron chi connectivity index (χ0n) is 17.7. The predicted molar refractivity (Wildman–Crippen MR) is 110 cm³/mol. The van der Waals surface area contributed by atoms with E-state index in [1.54, 1.807) is 4.90 Å². The summed E-state index contributed by atoms with van der Waals surface area (Å²) in [6.45, 7) is 13.4. The van der Waals surface area contributed by atoms with E-state index in [1.807, 2.05) is 30.3 Å². The van der Waals surface area contributed by atoms with Crippen LogP contribution in [0.5, 0.6) is 0 Å². The number of benzene rings is 1. The molecular weight excluding hydrogens is 372 g/mol. The van der Waals surface area contributed by atoms with Crippen molar-refractivity contribution in [2.75, 3.05) is 6.61 Å². The second-order valence-electron chi connectivity index (χ2n) is 9.21. The summed E-state index contributed by atoms with van der Waals surface area (Å²) in [6.07, 6.45) is 0.210. The second kappa shape index (κ2) is 7.52. The number of amides is 2. The van der Waals surface area contributed by atoms with Gasteiger partial charge in [-0.25, -0.2) is 4.79 Å². The van der Waals surface area contributed by atoms with Gasteiger partial charge >= 0.3 is 6.09 Å². The summed E-state index contributed by atoms with van der Waals surface area (Å²) in [5.74, 6) is -0.137. The minimum absolute atomic E-state index is 0.0722. The van der Waals surface area contributed by atoms with E-state index in [9.17, 15) is 9.59 Å². The average Bonchev–Trinajstić information content (AvgIpc) is 2.98. The number of carbonyl (C=O) groups excluding carboxylic acids is 2. The first kappa shape index (κ1) is 20.9. The van der Waals surface area contributed by atoms with Crippen LogP contribution in [0.2, 0.25) is 18.1 Å². The Morgan fingerprint density at radius 1 is 1.25 bits per heavy atom. The van der Waals surface area contributed by atoms with Crippen LogP contribution in [-0.4, -0.2) is 50.0 Å². The normalized spacial score (nSPS) is 26.5. The maximum absolute atomic E-state index is 12.5. The number of nitrogens with zero attached hydrogens (tertiary/aromatic N) is 1. The van der Waals surface area contributed by atoms with Gasteiger partial charge < -0.3 is 14.5 Å². The van der Waals surface area contributed by atoms with Crippen molar-refractivity contribution in [3.8, 4) is 0 Å². The fraction of sp³-hybridized carbons (Fsp3) is 0.619. The molecule has 2 heterocycles. The topological polar surface area (TPSA) is 67.9 Å². The van der Waals surface area contributed by atoms with Crippen molar-refractivity contribution in [3.05, 3.63) is 35.9 Å². The van der Waals surface area contributed by atoms with Gasteiger partial charge in [-0.05, 0) is 30.1 Å². The Kier molecular flexibility index (Phi) is 5.60. The Bertz CT molecular complexity index is 732. The molecule has 2 fully saturated rings. The van der Waals surface area contributed by atoms with Crippen LogP contribution in [0.1, 0.15) is 45.7 Å². The largest absolute Gasteiger partial charge is 0.447 e. The van der Waals surface area contributed by atoms with Crippen molar-refractivity contribution in [2.45, 2.75) is 76.5 Å². The molecule has 4 atom stereocenters. The molecule has 0 aliphatic carbocycles. The van der Waals surface area contributed by atoms with Crippen molar-refractivity contribution < 1.29 is 18.8 Å². The van der Waals surface area contributed by atoms with Gasteiger partial charge in [0.15, 0.2) is 8.32 Å². The minimum Gasteiger partial charge on any atom is -0.447 e. The number of hydrogen-bond acceptors (Lipinski definition) is 4. The predicted octanol–water partition coefficient (Wildman–Crippen LogP) is 3.85. The number of rotatable bonds is 6. The van der Waals surface area contributed by atoms with Gasteiger partial charge in [0, 0.05) is 0 Å². The highest BCUT2D eigenvalue weighted by Crippen LogP contribution is 2.40. The van der Waals surface area contributed by atoms with Crippen LogP contribution < -0.4 is 5.32 Å². The summed E-state index contributed by atoms with van der Waals surface area (Å²) in [5.41, 5.74) is 0.977. The standard InChI is InChI=1S/C21H32N2O4Si/c1-7-16(27-28(5,6)21(2,3)4)17-18(19(24)22-17)23-15(13-26-20(23)25)14-11-9-8-10-12-14/h8-12,15-18H,7,13H2,1-6H3,(H,22,24)/t15-,16+,17+,18+/m1/s1. The first-order valence-corrected chi connectivity index (χ1v) is 13.0. The van der Waals surface area contributed by atoms with Gasteiger partial charge in [-0.3, -0.25) is 9.69 Å². The van der Waals surface area contributed by atoms with E-state index in [4.69, 9.17) is 9.16 Å². The van der Waals surface area contributed by atoms with Gasteiger partial charge in [-0.2, -0.15) is 0 Å². The van der Waals surface area contributed by atoms with Crippen LogP contribution in [0.15, 0.2) is 30.3 Å². The molecule has 1 aromatic carbocycles. The van der Waals surface area contributed by atoms with Gasteiger partial charge in [-0.1, -0.05) is 58.0 Å². The van der Waals surface area contributed by atoms with E-state index in [0.717, 1.165) is 12.0 Å². The molecule has 2 aliphatic heterocycles. The summed E-state index contributed by atoms with van der Waals surface area (Å²) < 4.78 is 11.9. The van der Waals surface area contributed by atoms with Crippen LogP contribution in [-0.2, 0) is 14.0 Å². The van der Waals surface area contributed by atoms with Gasteiger partial charge in [0.1, 0.15) is 12.6 Å². The highest BCUT2D eigenvalue weighted by atomic mass is 28.4. The van der Waals surface area contributed by atoms with Crippen LogP contribution in [0.4, 0.5) is 4.79 Å². The summed E-state index contributed by atoms with van der Waals surface area (Å²) in [5, 5.41) is 3.07. The van der Waals surface area contributed by atoms with Crippen LogP contribution in [0.3, 0.4) is 0 Å². The number of hydrogen-bond donors (Lipinski definition) is 1. The zero-order valence-corrected chi connectivity index (χ0v) is 18.7. The number of ether oxygens (including phenoxy) is 1. The van der Waals surface area contributed by atoms with Crippen LogP contribution >= 0.6 is 0 Å². The van der Waals surface area contributed by atoms with Crippen LogP contribution in [0, 0.1) is 0 Å². The van der Waals surface area contributed by atoms with E-state index in [2.05, 4.69) is 46.1 Å². The number of carbonyl (C=O) groups is 2. The highest BCUT2D eigenvalue weighted by molar-refractivity contribution is 6.74. The van der Waals surface area contributed by atoms with Crippen molar-refractivity contribution in [3.63, 3.8) is 0 Å². The second-order valence-corrected chi connectivity index (χ2v) is 14.0. The van der Waals surface area contributed by atoms with Crippen molar-refractivity contribution in [1.29, 1.82) is 0 Å². The van der Waals surface area contributed by atoms with E-state index in [0.29, 0.717) is 0 Å². The molecule has 0 spiro atoms. The number of β-lactam (4-membered cyclic amide) rings is 1. The smallest absolute Gasteiger partial charge is 0.411 e. The van der Waals surface area contributed by atoms with Crippen LogP contribution in [0.25, 0.3) is 0 Å². The quantitative estimate of drug-likeness (QED) is 0.578. The van der Waals surface area contributed by atoms with Gasteiger partial charge in [0.2, 0.25) is 5.91 Å². The molecule has 0 unspecified atom stereocenters. The Morgan fingerprint density at radius 2 is 1.89 bits per heavy atom. The van der Waals surface area contributed by atoms with E-state index >= 15 is 0 Å². The third kappa shape index (κ3) is 3.69. The molecule has 6 nitrogen and oxygen atoms in total. The van der Waals surface area contributed by atoms with Gasteiger partial charge in [-0.15, -0.1) is 0 Å². The minimum atomic E-state index is -2.01. The van der Waals surface area contributed by atoms with Crippen molar-refractivity contribution >= 4 is 20.3 Å². The van der Waals surface area contributed by atoms with E-state index in [1.165, 1.54) is 0 Å². The van der Waals surface area contributed by atoms with Gasteiger partial charge in [0.25, 0.3) is 0 Å². The number of cyclic esters (lactones) is 1. The Labute approximate surface area is 168 Å². The molecule has 0 aromatic heterocycles. The Balaban J connectivity index is 1.84. The molecule has 1 N–H and O–H groups in total. The lowest BCUT2D eigenvalue weighted by atomic mass is 9.89. The molecule has 1 aromatic rings. The lowest BCUT2D eigenvalue weighted by Crippen LogP contribution is -2.74. The molecule has 0 radical (unpaired) electrons. The van der Waals surface area contributed by atoms with E-state index in [-0.39, 0.29) is 35.7 Å². The lowest BCUT2D eigenvalue weighted by molar-refractivity contribution is -0.140. The molecule has 7 heteroatoms. The highest BCUT2D eigenvalue weighted by Gasteiger charge is 2.55. The molecular formula is C21H32N2O4Si. The zero-order chi connectivity index (χ0) is 20.7. The summed E-state index contributed by atoms with van der Waals surface area (Å²) >= 11 is 0. The molecule has 2 saturated heterocycles. The third-order valence-corrected chi connectivity index (χ3v) is 10.9. The first-order chi connectivity index (χ1) is 13.1. The molecule has 28 heavy (non-hydrogen) atoms. The third-order valence-electron chi connectivity index (χ3n) is 6.37. The maximum atomic E-state index is 12.5. The van der Waals surface area contributed by atoms with Crippen molar-refractivity contribution in [1.82, 2.24) is 10.2 Å². The lowest BCUT2D eigenvalue weighted by Gasteiger charge is -2.49.